The Bertz CT molecular complexity index is 599. The van der Waals surface area contributed by atoms with Crippen molar-refractivity contribution in [1.82, 2.24) is 0 Å². The van der Waals surface area contributed by atoms with Crippen molar-refractivity contribution in [2.45, 2.75) is 6.54 Å². The minimum atomic E-state index is 0. The topological polar surface area (TPSA) is 3.24 Å². The van der Waals surface area contributed by atoms with E-state index in [1.807, 2.05) is 24.3 Å². The van der Waals surface area contributed by atoms with E-state index in [4.69, 9.17) is 0 Å². The van der Waals surface area contributed by atoms with Gasteiger partial charge >= 0.3 is 18.9 Å². The fourth-order valence-electron chi connectivity index (χ4n) is 2.25. The van der Waals surface area contributed by atoms with E-state index in [2.05, 4.69) is 71.6 Å². The first-order valence-corrected chi connectivity index (χ1v) is 6.77. The van der Waals surface area contributed by atoms with Gasteiger partial charge in [0.15, 0.2) is 0 Å². The van der Waals surface area contributed by atoms with E-state index >= 15 is 0 Å². The molecule has 0 atom stereocenters. The van der Waals surface area contributed by atoms with Crippen LogP contribution in [0.1, 0.15) is 5.56 Å². The number of hydrogen-bond donors (Lipinski definition) is 0. The van der Waals surface area contributed by atoms with Gasteiger partial charge in [-0.15, -0.1) is 5.56 Å². The molecule has 0 fully saturated rings. The van der Waals surface area contributed by atoms with Crippen LogP contribution in [0.3, 0.4) is 0 Å². The van der Waals surface area contributed by atoms with Gasteiger partial charge in [0.25, 0.3) is 0 Å². The van der Waals surface area contributed by atoms with Crippen LogP contribution >= 0.6 is 0 Å². The van der Waals surface area contributed by atoms with E-state index < -0.39 is 0 Å². The smallest absolute Gasteiger partial charge is 0.339 e. The van der Waals surface area contributed by atoms with Crippen LogP contribution in [0.5, 0.6) is 0 Å². The fraction of sp³-hybridized carbons (Fsp3) is 0.0526. The van der Waals surface area contributed by atoms with Gasteiger partial charge in [0, 0.05) is 17.9 Å². The normalized spacial score (nSPS) is 9.71. The van der Waals surface area contributed by atoms with Crippen molar-refractivity contribution in [3.63, 3.8) is 0 Å². The predicted molar refractivity (Wildman–Crippen MR) is 84.0 cm³/mol. The molecule has 3 aromatic rings. The van der Waals surface area contributed by atoms with Crippen molar-refractivity contribution in [2.24, 2.45) is 0 Å². The van der Waals surface area contributed by atoms with Gasteiger partial charge in [0.2, 0.25) is 0 Å². The molecule has 1 nitrogen and oxygen atoms in total. The molecule has 0 unspecified atom stereocenters. The molecule has 0 aromatic heterocycles. The zero-order valence-electron chi connectivity index (χ0n) is 12.2. The minimum Gasteiger partial charge on any atom is -0.339 e. The molecule has 0 saturated heterocycles. The molecule has 0 aliphatic rings. The molecule has 98 valence electrons. The van der Waals surface area contributed by atoms with Crippen LogP contribution in [0.15, 0.2) is 84.9 Å². The van der Waals surface area contributed by atoms with Crippen LogP contribution in [-0.2, 0) is 6.54 Å². The maximum Gasteiger partial charge on any atom is 1.00 e. The number of nitrogens with zero attached hydrogens (tertiary/aromatic N) is 1. The van der Waals surface area contributed by atoms with E-state index in [1.54, 1.807) is 0 Å². The molecule has 0 saturated carbocycles. The Morgan fingerprint density at radius 2 is 1.19 bits per heavy atom. The molecule has 0 bridgehead atoms. The molecular weight excluding hydrogens is 249 g/mol. The first kappa shape index (κ1) is 15.4. The third kappa shape index (κ3) is 4.01. The molecule has 2 heteroatoms. The Morgan fingerprint density at radius 3 is 1.67 bits per heavy atom. The number of anilines is 2. The summed E-state index contributed by atoms with van der Waals surface area (Å²) < 4.78 is 0. The summed E-state index contributed by atoms with van der Waals surface area (Å²) in [6.45, 7) is 0.814. The Kier molecular flexibility index (Phi) is 5.69. The van der Waals surface area contributed by atoms with Crippen molar-refractivity contribution < 1.29 is 18.9 Å². The Labute approximate surface area is 138 Å². The second kappa shape index (κ2) is 7.74. The first-order chi connectivity index (χ1) is 9.93. The summed E-state index contributed by atoms with van der Waals surface area (Å²) in [6, 6.07) is 32.3. The summed E-state index contributed by atoms with van der Waals surface area (Å²) in [5, 5.41) is 0. The van der Waals surface area contributed by atoms with Crippen LogP contribution in [0, 0.1) is 6.07 Å². The molecule has 0 heterocycles. The molecule has 21 heavy (non-hydrogen) atoms. The molecule has 3 aromatic carbocycles. The summed E-state index contributed by atoms with van der Waals surface area (Å²) in [6.07, 6.45) is 0. The molecule has 0 radical (unpaired) electrons. The molecule has 3 rings (SSSR count). The van der Waals surface area contributed by atoms with Gasteiger partial charge in [-0.3, -0.25) is 0 Å². The summed E-state index contributed by atoms with van der Waals surface area (Å²) in [5.41, 5.74) is 3.56. The van der Waals surface area contributed by atoms with E-state index in [0.29, 0.717) is 0 Å². The van der Waals surface area contributed by atoms with E-state index in [9.17, 15) is 0 Å². The Morgan fingerprint density at radius 1 is 0.667 bits per heavy atom. The summed E-state index contributed by atoms with van der Waals surface area (Å²) in [4.78, 5) is 2.30. The van der Waals surface area contributed by atoms with Crippen LogP contribution < -0.4 is 23.8 Å². The standard InChI is InChI=1S/C19H16N.Li/c1-4-10-17(11-5-1)16-20(18-12-6-2-7-13-18)19-14-8-3-9-15-19;/h1-10,12-15H,16H2;/q-1;+1. The number of hydrogen-bond acceptors (Lipinski definition) is 1. The number of rotatable bonds is 4. The van der Waals surface area contributed by atoms with Crippen LogP contribution in [0.2, 0.25) is 0 Å². The molecule has 0 aliphatic heterocycles. The summed E-state index contributed by atoms with van der Waals surface area (Å²) in [7, 11) is 0. The predicted octanol–water partition coefficient (Wildman–Crippen LogP) is 1.83. The van der Waals surface area contributed by atoms with Gasteiger partial charge in [-0.05, 0) is 24.3 Å². The minimum absolute atomic E-state index is 0. The van der Waals surface area contributed by atoms with Crippen molar-refractivity contribution in [2.75, 3.05) is 4.90 Å². The maximum atomic E-state index is 3.30. The van der Waals surface area contributed by atoms with E-state index in [-0.39, 0.29) is 18.9 Å². The maximum absolute atomic E-state index is 3.30. The first-order valence-electron chi connectivity index (χ1n) is 6.77. The summed E-state index contributed by atoms with van der Waals surface area (Å²) >= 11 is 0. The second-order valence-corrected chi connectivity index (χ2v) is 4.65. The van der Waals surface area contributed by atoms with Crippen molar-refractivity contribution in [3.05, 3.63) is 96.6 Å². The van der Waals surface area contributed by atoms with Crippen molar-refractivity contribution in [1.29, 1.82) is 0 Å². The largest absolute Gasteiger partial charge is 1.00 e. The van der Waals surface area contributed by atoms with Gasteiger partial charge in [0.05, 0.1) is 0 Å². The monoisotopic (exact) mass is 265 g/mol. The fourth-order valence-corrected chi connectivity index (χ4v) is 2.25. The Hall–Kier alpha value is -1.94. The molecule has 0 spiro atoms. The van der Waals surface area contributed by atoms with E-state index in [1.165, 1.54) is 16.9 Å². The average Bonchev–Trinajstić information content (AvgIpc) is 2.55. The molecule has 0 amide bonds. The SMILES string of the molecule is [Li+].[c-]1ccccc1CN(c1ccccc1)c1ccccc1. The summed E-state index contributed by atoms with van der Waals surface area (Å²) in [5.74, 6) is 0. The third-order valence-corrected chi connectivity index (χ3v) is 3.24. The van der Waals surface area contributed by atoms with Gasteiger partial charge in [-0.1, -0.05) is 36.4 Å². The molecule has 0 aliphatic carbocycles. The van der Waals surface area contributed by atoms with Gasteiger partial charge < -0.3 is 4.90 Å². The quantitative estimate of drug-likeness (QED) is 0.514. The second-order valence-electron chi connectivity index (χ2n) is 4.65. The van der Waals surface area contributed by atoms with Crippen molar-refractivity contribution in [3.8, 4) is 0 Å². The van der Waals surface area contributed by atoms with Crippen LogP contribution in [0.4, 0.5) is 11.4 Å². The molecule has 0 N–H and O–H groups in total. The third-order valence-electron chi connectivity index (χ3n) is 3.24. The van der Waals surface area contributed by atoms with Gasteiger partial charge in [0.1, 0.15) is 0 Å². The van der Waals surface area contributed by atoms with E-state index in [0.717, 1.165) is 6.54 Å². The van der Waals surface area contributed by atoms with Gasteiger partial charge in [-0.25, -0.2) is 0 Å². The zero-order valence-corrected chi connectivity index (χ0v) is 12.2. The van der Waals surface area contributed by atoms with Crippen molar-refractivity contribution >= 4 is 11.4 Å². The van der Waals surface area contributed by atoms with Crippen LogP contribution in [-0.4, -0.2) is 0 Å². The zero-order chi connectivity index (χ0) is 13.6. The molecular formula is C19H16LiN. The van der Waals surface area contributed by atoms with Gasteiger partial charge in [-0.2, -0.15) is 30.3 Å². The number of benzene rings is 3. The van der Waals surface area contributed by atoms with Crippen LogP contribution in [0.25, 0.3) is 0 Å². The average molecular weight is 265 g/mol. The number of para-hydroxylation sites is 2. The Balaban J connectivity index is 0.00000161.